The third-order valence-corrected chi connectivity index (χ3v) is 3.77. The largest absolute Gasteiger partial charge is 0.461 e. The highest BCUT2D eigenvalue weighted by Gasteiger charge is 2.13. The van der Waals surface area contributed by atoms with Gasteiger partial charge in [0.1, 0.15) is 0 Å². The summed E-state index contributed by atoms with van der Waals surface area (Å²) < 4.78 is 13.4. The van der Waals surface area contributed by atoms with Gasteiger partial charge in [-0.3, -0.25) is 14.6 Å². The summed E-state index contributed by atoms with van der Waals surface area (Å²) in [6.07, 6.45) is 2.67. The van der Waals surface area contributed by atoms with Gasteiger partial charge in [0, 0.05) is 26.2 Å². The quantitative estimate of drug-likeness (QED) is 0.854. The van der Waals surface area contributed by atoms with E-state index in [0.717, 1.165) is 57.4 Å². The van der Waals surface area contributed by atoms with Gasteiger partial charge in [-0.05, 0) is 30.8 Å². The van der Waals surface area contributed by atoms with Crippen LogP contribution in [0.15, 0.2) is 22.8 Å². The summed E-state index contributed by atoms with van der Waals surface area (Å²) in [5.74, 6) is 1.51. The van der Waals surface area contributed by atoms with Gasteiger partial charge in [0.05, 0.1) is 19.5 Å². The molecule has 0 unspecified atom stereocenters. The van der Waals surface area contributed by atoms with E-state index in [1.165, 1.54) is 0 Å². The van der Waals surface area contributed by atoms with Crippen LogP contribution in [0.2, 0.25) is 0 Å². The van der Waals surface area contributed by atoms with Crippen molar-refractivity contribution < 1.29 is 9.15 Å². The van der Waals surface area contributed by atoms with Crippen LogP contribution in [0.1, 0.15) is 6.42 Å². The van der Waals surface area contributed by atoms with Crippen LogP contribution in [-0.4, -0.2) is 52.5 Å². The number of rotatable bonds is 5. The maximum Gasteiger partial charge on any atom is 0.198 e. The number of aromatic nitrogens is 3. The lowest BCUT2D eigenvalue weighted by Gasteiger charge is -2.26. The molecule has 1 saturated heterocycles. The Bertz CT molecular complexity index is 584. The van der Waals surface area contributed by atoms with Crippen LogP contribution in [0.4, 0.5) is 0 Å². The first-order valence-corrected chi connectivity index (χ1v) is 7.24. The standard InChI is InChI=1S/C13H18N4O2S/c20-13-15-14-12(11-3-1-8-19-11)17(13)5-2-4-16-6-9-18-10-7-16/h1,3,8H,2,4-7,9-10H2,(H,15,20). The fourth-order valence-corrected chi connectivity index (χ4v) is 2.62. The van der Waals surface area contributed by atoms with E-state index in [2.05, 4.69) is 15.1 Å². The minimum Gasteiger partial charge on any atom is -0.461 e. The van der Waals surface area contributed by atoms with Crippen molar-refractivity contribution in [3.63, 3.8) is 0 Å². The Kier molecular flexibility index (Phi) is 4.29. The maximum absolute atomic E-state index is 5.39. The van der Waals surface area contributed by atoms with Crippen molar-refractivity contribution >= 4 is 12.2 Å². The first-order valence-electron chi connectivity index (χ1n) is 6.84. The van der Waals surface area contributed by atoms with E-state index in [9.17, 15) is 0 Å². The molecule has 0 radical (unpaired) electrons. The van der Waals surface area contributed by atoms with Gasteiger partial charge < -0.3 is 9.15 Å². The normalized spacial score (nSPS) is 16.6. The van der Waals surface area contributed by atoms with E-state index < -0.39 is 0 Å². The van der Waals surface area contributed by atoms with E-state index in [0.29, 0.717) is 4.77 Å². The van der Waals surface area contributed by atoms with E-state index in [1.807, 2.05) is 16.7 Å². The van der Waals surface area contributed by atoms with Gasteiger partial charge in [0.2, 0.25) is 0 Å². The van der Waals surface area contributed by atoms with Crippen LogP contribution in [-0.2, 0) is 11.3 Å². The number of furan rings is 1. The van der Waals surface area contributed by atoms with Gasteiger partial charge in [0.15, 0.2) is 16.4 Å². The van der Waals surface area contributed by atoms with Gasteiger partial charge in [-0.1, -0.05) is 0 Å². The monoisotopic (exact) mass is 294 g/mol. The number of nitrogens with zero attached hydrogens (tertiary/aromatic N) is 3. The van der Waals surface area contributed by atoms with Gasteiger partial charge in [-0.15, -0.1) is 0 Å². The van der Waals surface area contributed by atoms with Gasteiger partial charge >= 0.3 is 0 Å². The molecule has 2 aromatic heterocycles. The highest BCUT2D eigenvalue weighted by atomic mass is 32.1. The summed E-state index contributed by atoms with van der Waals surface area (Å²) >= 11 is 5.29. The Morgan fingerprint density at radius 2 is 2.15 bits per heavy atom. The molecular weight excluding hydrogens is 276 g/mol. The fraction of sp³-hybridized carbons (Fsp3) is 0.538. The van der Waals surface area contributed by atoms with Crippen molar-refractivity contribution in [2.24, 2.45) is 0 Å². The smallest absolute Gasteiger partial charge is 0.198 e. The average Bonchev–Trinajstić information content (AvgIpc) is 3.11. The second-order valence-electron chi connectivity index (χ2n) is 4.79. The molecule has 0 spiro atoms. The molecule has 2 aromatic rings. The second kappa shape index (κ2) is 6.34. The Labute approximate surface area is 122 Å². The van der Waals surface area contributed by atoms with Gasteiger partial charge in [-0.25, -0.2) is 0 Å². The Balaban J connectivity index is 1.62. The first-order chi connectivity index (χ1) is 9.84. The second-order valence-corrected chi connectivity index (χ2v) is 5.18. The molecule has 108 valence electrons. The van der Waals surface area contributed by atoms with Crippen LogP contribution in [0.3, 0.4) is 0 Å². The molecule has 1 aliphatic rings. The molecule has 1 N–H and O–H groups in total. The molecule has 0 amide bonds. The molecule has 0 bridgehead atoms. The lowest BCUT2D eigenvalue weighted by atomic mass is 10.3. The summed E-state index contributed by atoms with van der Waals surface area (Å²) in [7, 11) is 0. The van der Waals surface area contributed by atoms with E-state index in [-0.39, 0.29) is 0 Å². The van der Waals surface area contributed by atoms with Gasteiger partial charge in [-0.2, -0.15) is 5.10 Å². The number of ether oxygens (including phenoxy) is 1. The summed E-state index contributed by atoms with van der Waals surface area (Å²) in [4.78, 5) is 2.42. The highest BCUT2D eigenvalue weighted by molar-refractivity contribution is 7.71. The molecule has 0 saturated carbocycles. The number of morpholine rings is 1. The van der Waals surface area contributed by atoms with E-state index >= 15 is 0 Å². The number of H-pyrrole nitrogens is 1. The lowest BCUT2D eigenvalue weighted by Crippen LogP contribution is -2.37. The molecular formula is C13H18N4O2S. The first kappa shape index (κ1) is 13.5. The molecule has 3 heterocycles. The van der Waals surface area contributed by atoms with Crippen LogP contribution in [0, 0.1) is 4.77 Å². The molecule has 0 aromatic carbocycles. The Morgan fingerprint density at radius 3 is 2.90 bits per heavy atom. The summed E-state index contributed by atoms with van der Waals surface area (Å²) in [5, 5.41) is 7.08. The van der Waals surface area contributed by atoms with Crippen LogP contribution < -0.4 is 0 Å². The molecule has 20 heavy (non-hydrogen) atoms. The summed E-state index contributed by atoms with van der Waals surface area (Å²) in [5.41, 5.74) is 0. The third-order valence-electron chi connectivity index (χ3n) is 3.46. The van der Waals surface area contributed by atoms with Crippen molar-refractivity contribution in [1.82, 2.24) is 19.7 Å². The number of aromatic amines is 1. The summed E-state index contributed by atoms with van der Waals surface area (Å²) in [6.45, 7) is 5.59. The van der Waals surface area contributed by atoms with E-state index in [1.54, 1.807) is 6.26 Å². The lowest BCUT2D eigenvalue weighted by molar-refractivity contribution is 0.0369. The molecule has 0 aliphatic carbocycles. The molecule has 7 heteroatoms. The van der Waals surface area contributed by atoms with Crippen LogP contribution in [0.25, 0.3) is 11.6 Å². The zero-order valence-electron chi connectivity index (χ0n) is 11.2. The van der Waals surface area contributed by atoms with Crippen molar-refractivity contribution in [3.05, 3.63) is 23.2 Å². The zero-order chi connectivity index (χ0) is 13.8. The maximum atomic E-state index is 5.39. The number of hydrogen-bond acceptors (Lipinski definition) is 5. The fourth-order valence-electron chi connectivity index (χ4n) is 2.40. The zero-order valence-corrected chi connectivity index (χ0v) is 12.1. The molecule has 3 rings (SSSR count). The predicted molar refractivity (Wildman–Crippen MR) is 77.0 cm³/mol. The van der Waals surface area contributed by atoms with E-state index in [4.69, 9.17) is 21.4 Å². The van der Waals surface area contributed by atoms with Gasteiger partial charge in [0.25, 0.3) is 0 Å². The molecule has 1 aliphatic heterocycles. The summed E-state index contributed by atoms with van der Waals surface area (Å²) in [6, 6.07) is 3.74. The number of hydrogen-bond donors (Lipinski definition) is 1. The van der Waals surface area contributed by atoms with Crippen molar-refractivity contribution in [1.29, 1.82) is 0 Å². The third kappa shape index (κ3) is 3.00. The molecule has 0 atom stereocenters. The average molecular weight is 294 g/mol. The van der Waals surface area contributed by atoms with Crippen LogP contribution >= 0.6 is 12.2 Å². The topological polar surface area (TPSA) is 59.2 Å². The van der Waals surface area contributed by atoms with Crippen molar-refractivity contribution in [2.75, 3.05) is 32.8 Å². The van der Waals surface area contributed by atoms with Crippen molar-refractivity contribution in [2.45, 2.75) is 13.0 Å². The Hall–Kier alpha value is -1.44. The molecule has 1 fully saturated rings. The minimum absolute atomic E-state index is 0.637. The highest BCUT2D eigenvalue weighted by Crippen LogP contribution is 2.17. The van der Waals surface area contributed by atoms with Crippen molar-refractivity contribution in [3.8, 4) is 11.6 Å². The molecule has 6 nitrogen and oxygen atoms in total. The van der Waals surface area contributed by atoms with Crippen LogP contribution in [0.5, 0.6) is 0 Å². The SMILES string of the molecule is S=c1[nH]nc(-c2ccco2)n1CCCN1CCOCC1. The predicted octanol–water partition coefficient (Wildman–Crippen LogP) is 1.92. The number of nitrogens with one attached hydrogen (secondary N) is 1. The minimum atomic E-state index is 0.637. The Morgan fingerprint density at radius 1 is 1.30 bits per heavy atom.